The van der Waals surface area contributed by atoms with Crippen molar-refractivity contribution in [2.75, 3.05) is 23.8 Å². The van der Waals surface area contributed by atoms with Crippen LogP contribution in [0.5, 0.6) is 0 Å². The Balaban J connectivity index is 1.25. The monoisotopic (exact) mass is 427 g/mol. The highest BCUT2D eigenvalue weighted by Gasteiger charge is 2.42. The maximum atomic E-state index is 12.4. The SMILES string of the molecule is O=C(CSC1CCS(=O)(=O)C1)NCC1CC2c3ccccc3C1c1ccccc12. The third kappa shape index (κ3) is 3.61. The number of carbonyl (C=O) groups excluding carboxylic acids is 1. The molecule has 1 fully saturated rings. The summed E-state index contributed by atoms with van der Waals surface area (Å²) in [4.78, 5) is 12.4. The summed E-state index contributed by atoms with van der Waals surface area (Å²) in [6, 6.07) is 17.5. The lowest BCUT2D eigenvalue weighted by atomic mass is 9.59. The molecule has 1 N–H and O–H groups in total. The summed E-state index contributed by atoms with van der Waals surface area (Å²) in [5.74, 6) is 1.97. The van der Waals surface area contributed by atoms with Crippen molar-refractivity contribution in [2.24, 2.45) is 5.92 Å². The van der Waals surface area contributed by atoms with Crippen LogP contribution in [0.4, 0.5) is 0 Å². The molecule has 2 atom stereocenters. The molecule has 1 saturated heterocycles. The lowest BCUT2D eigenvalue weighted by molar-refractivity contribution is -0.118. The van der Waals surface area contributed by atoms with Gasteiger partial charge in [-0.25, -0.2) is 8.42 Å². The average molecular weight is 428 g/mol. The van der Waals surface area contributed by atoms with Gasteiger partial charge in [0.2, 0.25) is 5.91 Å². The first kappa shape index (κ1) is 19.2. The highest BCUT2D eigenvalue weighted by Crippen LogP contribution is 2.55. The molecular weight excluding hydrogens is 402 g/mol. The molecule has 2 unspecified atom stereocenters. The van der Waals surface area contributed by atoms with Gasteiger partial charge in [-0.15, -0.1) is 11.8 Å². The van der Waals surface area contributed by atoms with Gasteiger partial charge >= 0.3 is 0 Å². The largest absolute Gasteiger partial charge is 0.355 e. The predicted molar refractivity (Wildman–Crippen MR) is 117 cm³/mol. The summed E-state index contributed by atoms with van der Waals surface area (Å²) in [5, 5.41) is 3.20. The van der Waals surface area contributed by atoms with Crippen LogP contribution in [0.25, 0.3) is 0 Å². The molecule has 152 valence electrons. The van der Waals surface area contributed by atoms with Gasteiger partial charge in [-0.2, -0.15) is 0 Å². The van der Waals surface area contributed by atoms with Gasteiger partial charge in [-0.05, 0) is 41.0 Å². The van der Waals surface area contributed by atoms with Crippen LogP contribution in [-0.4, -0.2) is 43.4 Å². The predicted octanol–water partition coefficient (Wildman–Crippen LogP) is 3.32. The highest BCUT2D eigenvalue weighted by molar-refractivity contribution is 8.02. The van der Waals surface area contributed by atoms with Gasteiger partial charge < -0.3 is 5.32 Å². The van der Waals surface area contributed by atoms with Gasteiger partial charge in [-0.3, -0.25) is 4.79 Å². The molecule has 0 radical (unpaired) electrons. The van der Waals surface area contributed by atoms with Crippen molar-refractivity contribution in [3.63, 3.8) is 0 Å². The van der Waals surface area contributed by atoms with Crippen molar-refractivity contribution >= 4 is 27.5 Å². The number of benzene rings is 2. The molecule has 2 aromatic rings. The zero-order chi connectivity index (χ0) is 20.0. The molecule has 0 saturated carbocycles. The molecule has 4 nitrogen and oxygen atoms in total. The van der Waals surface area contributed by atoms with Crippen molar-refractivity contribution in [3.05, 3.63) is 70.8 Å². The van der Waals surface area contributed by atoms with Gasteiger partial charge in [-0.1, -0.05) is 48.5 Å². The minimum absolute atomic E-state index is 0.0160. The lowest BCUT2D eigenvalue weighted by Crippen LogP contribution is -2.40. The zero-order valence-corrected chi connectivity index (χ0v) is 17.8. The maximum Gasteiger partial charge on any atom is 0.230 e. The molecule has 6 heteroatoms. The van der Waals surface area contributed by atoms with Gasteiger partial charge in [0, 0.05) is 23.6 Å². The summed E-state index contributed by atoms with van der Waals surface area (Å²) < 4.78 is 23.2. The fourth-order valence-corrected chi connectivity index (χ4v) is 8.81. The minimum Gasteiger partial charge on any atom is -0.355 e. The van der Waals surface area contributed by atoms with E-state index in [-0.39, 0.29) is 22.7 Å². The van der Waals surface area contributed by atoms with Crippen LogP contribution in [0.3, 0.4) is 0 Å². The lowest BCUT2D eigenvalue weighted by Gasteiger charge is -2.45. The van der Waals surface area contributed by atoms with E-state index in [4.69, 9.17) is 0 Å². The van der Waals surface area contributed by atoms with E-state index in [1.807, 2.05) is 0 Å². The Bertz CT molecular complexity index is 1000. The van der Waals surface area contributed by atoms with Crippen LogP contribution in [0, 0.1) is 5.92 Å². The number of hydrogen-bond donors (Lipinski definition) is 1. The Labute approximate surface area is 176 Å². The first-order valence-corrected chi connectivity index (χ1v) is 13.2. The smallest absolute Gasteiger partial charge is 0.230 e. The van der Waals surface area contributed by atoms with Crippen LogP contribution in [-0.2, 0) is 14.6 Å². The molecule has 1 aliphatic heterocycles. The van der Waals surface area contributed by atoms with E-state index < -0.39 is 9.84 Å². The first-order chi connectivity index (χ1) is 14.0. The molecular formula is C23H25NO3S2. The van der Waals surface area contributed by atoms with Crippen LogP contribution in [0.15, 0.2) is 48.5 Å². The topological polar surface area (TPSA) is 63.2 Å². The number of carbonyl (C=O) groups is 1. The summed E-state index contributed by atoms with van der Waals surface area (Å²) in [6.45, 7) is 0.673. The van der Waals surface area contributed by atoms with E-state index in [1.54, 1.807) is 0 Å². The molecule has 2 aromatic carbocycles. The van der Waals surface area contributed by atoms with Crippen LogP contribution >= 0.6 is 11.8 Å². The van der Waals surface area contributed by atoms with Gasteiger partial charge in [0.25, 0.3) is 0 Å². The molecule has 4 aliphatic rings. The number of hydrogen-bond acceptors (Lipinski definition) is 4. The Morgan fingerprint density at radius 3 is 2.21 bits per heavy atom. The Morgan fingerprint density at radius 2 is 1.62 bits per heavy atom. The quantitative estimate of drug-likeness (QED) is 0.795. The van der Waals surface area contributed by atoms with Crippen molar-refractivity contribution in [3.8, 4) is 0 Å². The number of sulfone groups is 1. The summed E-state index contributed by atoms with van der Waals surface area (Å²) in [7, 11) is -2.89. The van der Waals surface area contributed by atoms with Crippen molar-refractivity contribution in [1.29, 1.82) is 0 Å². The molecule has 2 bridgehead atoms. The number of thioether (sulfide) groups is 1. The Hall–Kier alpha value is -1.79. The van der Waals surface area contributed by atoms with Gasteiger partial charge in [0.05, 0.1) is 17.3 Å². The van der Waals surface area contributed by atoms with E-state index in [1.165, 1.54) is 34.0 Å². The van der Waals surface area contributed by atoms with Crippen molar-refractivity contribution < 1.29 is 13.2 Å². The fourth-order valence-electron chi connectivity index (χ4n) is 5.34. The van der Waals surface area contributed by atoms with Crippen molar-refractivity contribution in [2.45, 2.75) is 29.9 Å². The number of amides is 1. The average Bonchev–Trinajstić information content (AvgIpc) is 3.09. The maximum absolute atomic E-state index is 12.4. The van der Waals surface area contributed by atoms with Gasteiger partial charge in [0.1, 0.15) is 0 Å². The third-order valence-corrected chi connectivity index (χ3v) is 9.91. The second kappa shape index (κ2) is 7.47. The van der Waals surface area contributed by atoms with E-state index in [0.29, 0.717) is 36.5 Å². The van der Waals surface area contributed by atoms with Crippen LogP contribution < -0.4 is 5.32 Å². The van der Waals surface area contributed by atoms with Crippen LogP contribution in [0.1, 0.15) is 46.9 Å². The Morgan fingerprint density at radius 1 is 1.00 bits per heavy atom. The van der Waals surface area contributed by atoms with E-state index in [0.717, 1.165) is 6.42 Å². The first-order valence-electron chi connectivity index (χ1n) is 10.3. The van der Waals surface area contributed by atoms with Crippen LogP contribution in [0.2, 0.25) is 0 Å². The van der Waals surface area contributed by atoms with E-state index >= 15 is 0 Å². The Kier molecular flexibility index (Phi) is 4.95. The van der Waals surface area contributed by atoms with E-state index in [2.05, 4.69) is 53.8 Å². The second-order valence-corrected chi connectivity index (χ2v) is 11.9. The van der Waals surface area contributed by atoms with E-state index in [9.17, 15) is 13.2 Å². The molecule has 29 heavy (non-hydrogen) atoms. The summed E-state index contributed by atoms with van der Waals surface area (Å²) >= 11 is 1.48. The third-order valence-electron chi connectivity index (χ3n) is 6.63. The fraction of sp³-hybridized carbons (Fsp3) is 0.435. The summed E-state index contributed by atoms with van der Waals surface area (Å²) in [5.41, 5.74) is 5.70. The molecule has 1 heterocycles. The normalized spacial score (nSPS) is 28.6. The standard InChI is InChI=1S/C23H25NO3S2/c25-22(13-28-16-9-10-29(26,27)14-16)24-12-15-11-21-17-5-1-3-7-19(17)23(15)20-8-4-2-6-18(20)21/h1-8,15-16,21,23H,9-14H2,(H,24,25). The molecule has 6 rings (SSSR count). The second-order valence-electron chi connectivity index (χ2n) is 8.42. The zero-order valence-electron chi connectivity index (χ0n) is 16.2. The number of fused-ring (bicyclic) bond motifs is 1. The highest BCUT2D eigenvalue weighted by atomic mass is 32.2. The molecule has 0 spiro atoms. The number of nitrogens with one attached hydrogen (secondary N) is 1. The minimum atomic E-state index is -2.89. The van der Waals surface area contributed by atoms with Crippen molar-refractivity contribution in [1.82, 2.24) is 5.32 Å². The number of rotatable bonds is 5. The van der Waals surface area contributed by atoms with Gasteiger partial charge in [0.15, 0.2) is 9.84 Å². The molecule has 0 aromatic heterocycles. The summed E-state index contributed by atoms with van der Waals surface area (Å²) in [6.07, 6.45) is 1.73. The molecule has 3 aliphatic carbocycles. The molecule has 1 amide bonds.